The van der Waals surface area contributed by atoms with E-state index in [9.17, 15) is 9.59 Å². The Balaban J connectivity index is 2.06. The van der Waals surface area contributed by atoms with Crippen molar-refractivity contribution in [3.63, 3.8) is 0 Å². The van der Waals surface area contributed by atoms with E-state index in [0.717, 1.165) is 4.90 Å². The summed E-state index contributed by atoms with van der Waals surface area (Å²) in [5, 5.41) is 6.21. The molecule has 0 aliphatic carbocycles. The summed E-state index contributed by atoms with van der Waals surface area (Å²) in [6.45, 7) is 3.78. The number of nitrogens with one attached hydrogen (secondary N) is 2. The van der Waals surface area contributed by atoms with Crippen molar-refractivity contribution >= 4 is 40.9 Å². The van der Waals surface area contributed by atoms with E-state index < -0.39 is 6.04 Å². The molecule has 0 unspecified atom stereocenters. The van der Waals surface area contributed by atoms with Gasteiger partial charge < -0.3 is 10.6 Å². The summed E-state index contributed by atoms with van der Waals surface area (Å²) in [5.41, 5.74) is 1.17. The highest BCUT2D eigenvalue weighted by Gasteiger charge is 2.24. The summed E-state index contributed by atoms with van der Waals surface area (Å²) in [6, 6.07) is 13.5. The standard InChI is InChI=1S/C19H21ClN2O2S/c1-12(2)17(22-18(23)13-4-6-14(20)7-5-13)19(24)21-15-8-10-16(25-3)11-9-15/h4-12,17H,1-3H3,(H,21,24)(H,22,23)/t17-/m0/s1. The number of thioether (sulfide) groups is 1. The number of carbonyl (C=O) groups excluding carboxylic acids is 2. The number of amides is 2. The van der Waals surface area contributed by atoms with Gasteiger partial charge in [0, 0.05) is 21.2 Å². The summed E-state index contributed by atoms with van der Waals surface area (Å²) in [6.07, 6.45) is 1.99. The van der Waals surface area contributed by atoms with Gasteiger partial charge in [0.25, 0.3) is 5.91 Å². The van der Waals surface area contributed by atoms with Gasteiger partial charge in [-0.1, -0.05) is 25.4 Å². The van der Waals surface area contributed by atoms with E-state index >= 15 is 0 Å². The van der Waals surface area contributed by atoms with Crippen molar-refractivity contribution in [2.75, 3.05) is 11.6 Å². The predicted octanol–water partition coefficient (Wildman–Crippen LogP) is 4.46. The maximum absolute atomic E-state index is 12.6. The Bertz CT molecular complexity index is 730. The van der Waals surface area contributed by atoms with Crippen LogP contribution >= 0.6 is 23.4 Å². The minimum absolute atomic E-state index is 0.0540. The van der Waals surface area contributed by atoms with Crippen LogP contribution in [0.5, 0.6) is 0 Å². The van der Waals surface area contributed by atoms with E-state index in [2.05, 4.69) is 10.6 Å². The highest BCUT2D eigenvalue weighted by molar-refractivity contribution is 7.98. The van der Waals surface area contributed by atoms with E-state index in [1.807, 2.05) is 44.4 Å². The number of rotatable bonds is 6. The molecular weight excluding hydrogens is 356 g/mol. The second-order valence-electron chi connectivity index (χ2n) is 5.92. The molecule has 0 saturated carbocycles. The Kier molecular flexibility index (Phi) is 6.91. The van der Waals surface area contributed by atoms with Crippen LogP contribution < -0.4 is 10.6 Å². The number of hydrogen-bond donors (Lipinski definition) is 2. The molecule has 4 nitrogen and oxygen atoms in total. The minimum Gasteiger partial charge on any atom is -0.340 e. The van der Waals surface area contributed by atoms with Gasteiger partial charge in [0.15, 0.2) is 0 Å². The third-order valence-corrected chi connectivity index (χ3v) is 4.70. The van der Waals surface area contributed by atoms with Gasteiger partial charge in [0.2, 0.25) is 5.91 Å². The lowest BCUT2D eigenvalue weighted by atomic mass is 10.0. The fourth-order valence-electron chi connectivity index (χ4n) is 2.26. The topological polar surface area (TPSA) is 58.2 Å². The number of halogens is 1. The maximum Gasteiger partial charge on any atom is 0.251 e. The van der Waals surface area contributed by atoms with E-state index in [1.54, 1.807) is 36.0 Å². The summed E-state index contributed by atoms with van der Waals surface area (Å²) in [4.78, 5) is 26.1. The lowest BCUT2D eigenvalue weighted by Crippen LogP contribution is -2.47. The van der Waals surface area contributed by atoms with Crippen molar-refractivity contribution in [2.45, 2.75) is 24.8 Å². The summed E-state index contributed by atoms with van der Waals surface area (Å²) in [5.74, 6) is -0.598. The highest BCUT2D eigenvalue weighted by Crippen LogP contribution is 2.18. The third kappa shape index (κ3) is 5.51. The summed E-state index contributed by atoms with van der Waals surface area (Å²) < 4.78 is 0. The molecule has 0 spiro atoms. The zero-order valence-electron chi connectivity index (χ0n) is 14.4. The number of hydrogen-bond acceptors (Lipinski definition) is 3. The van der Waals surface area contributed by atoms with Crippen molar-refractivity contribution in [2.24, 2.45) is 5.92 Å². The van der Waals surface area contributed by atoms with Gasteiger partial charge in [-0.2, -0.15) is 0 Å². The molecule has 0 aliphatic rings. The first-order valence-corrected chi connectivity index (χ1v) is 9.52. The van der Waals surface area contributed by atoms with Crippen LogP contribution in [0.15, 0.2) is 53.4 Å². The van der Waals surface area contributed by atoms with Crippen LogP contribution in [-0.4, -0.2) is 24.1 Å². The second-order valence-corrected chi connectivity index (χ2v) is 7.24. The van der Waals surface area contributed by atoms with Crippen LogP contribution in [0.2, 0.25) is 5.02 Å². The molecule has 132 valence electrons. The molecule has 2 amide bonds. The fourth-order valence-corrected chi connectivity index (χ4v) is 2.79. The maximum atomic E-state index is 12.6. The number of benzene rings is 2. The zero-order valence-corrected chi connectivity index (χ0v) is 15.9. The fraction of sp³-hybridized carbons (Fsp3) is 0.263. The van der Waals surface area contributed by atoms with Crippen molar-refractivity contribution in [1.29, 1.82) is 0 Å². The second kappa shape index (κ2) is 8.92. The van der Waals surface area contributed by atoms with Gasteiger partial charge in [-0.05, 0) is 60.7 Å². The molecule has 1 atom stereocenters. The first-order valence-electron chi connectivity index (χ1n) is 7.92. The molecule has 0 aromatic heterocycles. The Morgan fingerprint density at radius 2 is 1.60 bits per heavy atom. The molecular formula is C19H21ClN2O2S. The van der Waals surface area contributed by atoms with E-state index in [1.165, 1.54) is 0 Å². The van der Waals surface area contributed by atoms with E-state index in [0.29, 0.717) is 16.3 Å². The Morgan fingerprint density at radius 1 is 1.00 bits per heavy atom. The molecule has 2 rings (SSSR count). The molecule has 0 aliphatic heterocycles. The van der Waals surface area contributed by atoms with Crippen LogP contribution in [0.25, 0.3) is 0 Å². The van der Waals surface area contributed by atoms with Gasteiger partial charge >= 0.3 is 0 Å². The molecule has 0 heterocycles. The quantitative estimate of drug-likeness (QED) is 0.732. The molecule has 25 heavy (non-hydrogen) atoms. The van der Waals surface area contributed by atoms with Crippen LogP contribution in [0.4, 0.5) is 5.69 Å². The van der Waals surface area contributed by atoms with E-state index in [-0.39, 0.29) is 17.7 Å². The predicted molar refractivity (Wildman–Crippen MR) is 104 cm³/mol. The largest absolute Gasteiger partial charge is 0.340 e. The van der Waals surface area contributed by atoms with Crippen molar-refractivity contribution in [3.8, 4) is 0 Å². The van der Waals surface area contributed by atoms with Crippen LogP contribution in [0.1, 0.15) is 24.2 Å². The van der Waals surface area contributed by atoms with Crippen LogP contribution in [0.3, 0.4) is 0 Å². The normalized spacial score (nSPS) is 11.9. The van der Waals surface area contributed by atoms with Gasteiger partial charge in [-0.3, -0.25) is 9.59 Å². The summed E-state index contributed by atoms with van der Waals surface area (Å²) >= 11 is 7.47. The molecule has 2 aromatic rings. The van der Waals surface area contributed by atoms with Crippen molar-refractivity contribution in [3.05, 3.63) is 59.1 Å². The van der Waals surface area contributed by atoms with E-state index in [4.69, 9.17) is 11.6 Å². The van der Waals surface area contributed by atoms with Gasteiger partial charge in [-0.15, -0.1) is 11.8 Å². The van der Waals surface area contributed by atoms with Crippen molar-refractivity contribution < 1.29 is 9.59 Å². The Labute approximate surface area is 157 Å². The molecule has 2 aromatic carbocycles. The Morgan fingerprint density at radius 3 is 2.12 bits per heavy atom. The number of anilines is 1. The molecule has 6 heteroatoms. The molecule has 0 bridgehead atoms. The smallest absolute Gasteiger partial charge is 0.251 e. The molecule has 0 fully saturated rings. The minimum atomic E-state index is -0.636. The molecule has 0 saturated heterocycles. The third-order valence-electron chi connectivity index (χ3n) is 3.70. The van der Waals surface area contributed by atoms with Gasteiger partial charge in [0.05, 0.1) is 0 Å². The average Bonchev–Trinajstić information content (AvgIpc) is 2.60. The first-order chi connectivity index (χ1) is 11.9. The molecule has 0 radical (unpaired) electrons. The molecule has 2 N–H and O–H groups in total. The number of carbonyl (C=O) groups is 2. The van der Waals surface area contributed by atoms with Crippen LogP contribution in [0, 0.1) is 5.92 Å². The van der Waals surface area contributed by atoms with Crippen LogP contribution in [-0.2, 0) is 4.79 Å². The zero-order chi connectivity index (χ0) is 18.4. The van der Waals surface area contributed by atoms with Gasteiger partial charge in [-0.25, -0.2) is 0 Å². The SMILES string of the molecule is CSc1ccc(NC(=O)[C@@H](NC(=O)c2ccc(Cl)cc2)C(C)C)cc1. The van der Waals surface area contributed by atoms with Gasteiger partial charge in [0.1, 0.15) is 6.04 Å². The first kappa shape index (κ1) is 19.3. The monoisotopic (exact) mass is 376 g/mol. The average molecular weight is 377 g/mol. The highest BCUT2D eigenvalue weighted by atomic mass is 35.5. The lowest BCUT2D eigenvalue weighted by Gasteiger charge is -2.22. The summed E-state index contributed by atoms with van der Waals surface area (Å²) in [7, 11) is 0. The Hall–Kier alpha value is -1.98. The lowest BCUT2D eigenvalue weighted by molar-refractivity contribution is -0.118. The van der Waals surface area contributed by atoms with Crippen molar-refractivity contribution in [1.82, 2.24) is 5.32 Å².